The van der Waals surface area contributed by atoms with Gasteiger partial charge in [0.05, 0.1) is 37.1 Å². The number of anilines is 1. The number of hydrogen-bond acceptors (Lipinski definition) is 6. The molecule has 0 aliphatic carbocycles. The molecule has 0 unspecified atom stereocenters. The Morgan fingerprint density at radius 1 is 1.03 bits per heavy atom. The summed E-state index contributed by atoms with van der Waals surface area (Å²) < 4.78 is 16.6. The second-order valence-electron chi connectivity index (χ2n) is 6.25. The predicted molar refractivity (Wildman–Crippen MR) is 119 cm³/mol. The summed E-state index contributed by atoms with van der Waals surface area (Å²) in [5.41, 5.74) is 3.40. The summed E-state index contributed by atoms with van der Waals surface area (Å²) in [7, 11) is 4.52. The fourth-order valence-electron chi connectivity index (χ4n) is 2.88. The number of aromatic nitrogens is 1. The second kappa shape index (κ2) is 8.84. The molecular weight excluding hydrogens is 456 g/mol. The number of ether oxygens (including phenoxy) is 3. The van der Waals surface area contributed by atoms with Crippen molar-refractivity contribution in [3.63, 3.8) is 0 Å². The number of nitrogens with zero attached hydrogens (tertiary/aromatic N) is 1. The van der Waals surface area contributed by atoms with Crippen LogP contribution in [0.3, 0.4) is 0 Å². The molecule has 0 aliphatic rings. The smallest absolute Gasteiger partial charge is 0.258 e. The van der Waals surface area contributed by atoms with Crippen LogP contribution in [0.5, 0.6) is 17.2 Å². The second-order valence-corrected chi connectivity index (χ2v) is 8.25. The van der Waals surface area contributed by atoms with Gasteiger partial charge in [-0.15, -0.1) is 11.3 Å². The Balaban J connectivity index is 1.93. The van der Waals surface area contributed by atoms with Crippen LogP contribution in [-0.4, -0.2) is 32.2 Å². The molecule has 1 N–H and O–H groups in total. The highest BCUT2D eigenvalue weighted by Crippen LogP contribution is 2.45. The molecule has 6 nitrogen and oxygen atoms in total. The van der Waals surface area contributed by atoms with Crippen molar-refractivity contribution in [2.45, 2.75) is 13.8 Å². The highest BCUT2D eigenvalue weighted by molar-refractivity contribution is 9.10. The van der Waals surface area contributed by atoms with Crippen molar-refractivity contribution >= 4 is 38.3 Å². The third kappa shape index (κ3) is 4.23. The van der Waals surface area contributed by atoms with Crippen molar-refractivity contribution in [2.24, 2.45) is 0 Å². The number of aryl methyl sites for hydroxylation is 2. The summed E-state index contributed by atoms with van der Waals surface area (Å²) >= 11 is 4.86. The molecule has 3 rings (SSSR count). The molecule has 3 aromatic rings. The van der Waals surface area contributed by atoms with E-state index in [4.69, 9.17) is 14.2 Å². The summed E-state index contributed by atoms with van der Waals surface area (Å²) in [5.74, 6) is 0.853. The Morgan fingerprint density at radius 3 is 2.28 bits per heavy atom. The number of amides is 1. The molecule has 1 heterocycles. The van der Waals surface area contributed by atoms with E-state index in [1.807, 2.05) is 38.1 Å². The van der Waals surface area contributed by atoms with E-state index < -0.39 is 0 Å². The first kappa shape index (κ1) is 21.1. The van der Waals surface area contributed by atoms with E-state index in [9.17, 15) is 4.79 Å². The summed E-state index contributed by atoms with van der Waals surface area (Å²) in [4.78, 5) is 18.6. The first-order chi connectivity index (χ1) is 13.9. The molecule has 2 aromatic carbocycles. The van der Waals surface area contributed by atoms with Crippen LogP contribution >= 0.6 is 27.3 Å². The molecule has 0 aliphatic heterocycles. The number of rotatable bonds is 6. The van der Waals surface area contributed by atoms with E-state index in [-0.39, 0.29) is 5.91 Å². The van der Waals surface area contributed by atoms with E-state index >= 15 is 0 Å². The number of carbonyl (C=O) groups excluding carboxylic acids is 1. The zero-order valence-corrected chi connectivity index (χ0v) is 19.2. The maximum atomic E-state index is 12.9. The molecule has 29 heavy (non-hydrogen) atoms. The lowest BCUT2D eigenvalue weighted by atomic mass is 10.1. The Morgan fingerprint density at radius 2 is 1.69 bits per heavy atom. The summed E-state index contributed by atoms with van der Waals surface area (Å²) in [6, 6.07) is 9.73. The van der Waals surface area contributed by atoms with Gasteiger partial charge in [-0.3, -0.25) is 10.1 Å². The summed E-state index contributed by atoms with van der Waals surface area (Å²) in [6.07, 6.45) is 0. The van der Waals surface area contributed by atoms with Gasteiger partial charge in [0.15, 0.2) is 16.6 Å². The SMILES string of the molecule is COc1cc(C(=O)Nc2nc(-c3ccc(C)cc3)c(C)s2)c(Br)c(OC)c1OC. The normalized spacial score (nSPS) is 10.6. The number of carbonyl (C=O) groups is 1. The number of hydrogen-bond donors (Lipinski definition) is 1. The zero-order valence-electron chi connectivity index (χ0n) is 16.8. The predicted octanol–water partition coefficient (Wildman–Crippen LogP) is 5.47. The van der Waals surface area contributed by atoms with Crippen molar-refractivity contribution < 1.29 is 19.0 Å². The fraction of sp³-hybridized carbons (Fsp3) is 0.238. The van der Waals surface area contributed by atoms with E-state index in [0.717, 1.165) is 16.1 Å². The average Bonchev–Trinajstić information content (AvgIpc) is 3.07. The maximum absolute atomic E-state index is 12.9. The standard InChI is InChI=1S/C21H21BrN2O4S/c1-11-6-8-13(9-7-11)17-12(2)29-21(23-17)24-20(25)14-10-15(26-3)18(27-4)19(28-5)16(14)22/h6-10H,1-5H3,(H,23,24,25). The minimum atomic E-state index is -0.333. The quantitative estimate of drug-likeness (QED) is 0.510. The third-order valence-electron chi connectivity index (χ3n) is 4.36. The van der Waals surface area contributed by atoms with Gasteiger partial charge in [-0.05, 0) is 35.8 Å². The lowest BCUT2D eigenvalue weighted by Crippen LogP contribution is -2.13. The molecule has 0 fully saturated rings. The molecule has 8 heteroatoms. The van der Waals surface area contributed by atoms with E-state index in [2.05, 4.69) is 26.2 Å². The molecule has 0 saturated heterocycles. The molecule has 1 amide bonds. The lowest BCUT2D eigenvalue weighted by Gasteiger charge is -2.16. The largest absolute Gasteiger partial charge is 0.493 e. The molecule has 0 bridgehead atoms. The van der Waals surface area contributed by atoms with E-state index in [1.54, 1.807) is 6.07 Å². The van der Waals surface area contributed by atoms with Crippen LogP contribution in [0.2, 0.25) is 0 Å². The molecular formula is C21H21BrN2O4S. The van der Waals surface area contributed by atoms with Crippen molar-refractivity contribution in [1.82, 2.24) is 4.98 Å². The van der Waals surface area contributed by atoms with Gasteiger partial charge in [0.25, 0.3) is 5.91 Å². The van der Waals surface area contributed by atoms with Gasteiger partial charge in [-0.1, -0.05) is 29.8 Å². The number of benzene rings is 2. The summed E-state index contributed by atoms with van der Waals surface area (Å²) in [6.45, 7) is 4.02. The lowest BCUT2D eigenvalue weighted by molar-refractivity contribution is 0.102. The van der Waals surface area contributed by atoms with Crippen LogP contribution in [0.4, 0.5) is 5.13 Å². The first-order valence-electron chi connectivity index (χ1n) is 8.73. The molecule has 0 saturated carbocycles. The van der Waals surface area contributed by atoms with E-state index in [0.29, 0.717) is 32.4 Å². The van der Waals surface area contributed by atoms with Gasteiger partial charge in [0.1, 0.15) is 0 Å². The molecule has 0 atom stereocenters. The Bertz CT molecular complexity index is 1050. The summed E-state index contributed by atoms with van der Waals surface area (Å²) in [5, 5.41) is 3.39. The molecule has 0 spiro atoms. The van der Waals surface area contributed by atoms with Crippen LogP contribution in [0, 0.1) is 13.8 Å². The highest BCUT2D eigenvalue weighted by atomic mass is 79.9. The fourth-order valence-corrected chi connectivity index (χ4v) is 4.35. The average molecular weight is 477 g/mol. The van der Waals surface area contributed by atoms with Crippen LogP contribution in [0.25, 0.3) is 11.3 Å². The molecule has 152 valence electrons. The van der Waals surface area contributed by atoms with Crippen LogP contribution in [-0.2, 0) is 0 Å². The monoisotopic (exact) mass is 476 g/mol. The van der Waals surface area contributed by atoms with Crippen molar-refractivity contribution in [1.29, 1.82) is 0 Å². The topological polar surface area (TPSA) is 69.7 Å². The number of nitrogens with one attached hydrogen (secondary N) is 1. The number of halogens is 1. The Hall–Kier alpha value is -2.58. The van der Waals surface area contributed by atoms with Gasteiger partial charge >= 0.3 is 0 Å². The van der Waals surface area contributed by atoms with Gasteiger partial charge in [0.2, 0.25) is 5.75 Å². The van der Waals surface area contributed by atoms with Crippen LogP contribution in [0.1, 0.15) is 20.8 Å². The number of methoxy groups -OCH3 is 3. The van der Waals surface area contributed by atoms with Gasteiger partial charge < -0.3 is 14.2 Å². The Kier molecular flexibility index (Phi) is 6.44. The maximum Gasteiger partial charge on any atom is 0.258 e. The minimum Gasteiger partial charge on any atom is -0.493 e. The Labute approximate surface area is 182 Å². The number of thiazole rings is 1. The highest BCUT2D eigenvalue weighted by Gasteiger charge is 2.23. The van der Waals surface area contributed by atoms with Crippen molar-refractivity contribution in [3.8, 4) is 28.5 Å². The van der Waals surface area contributed by atoms with Gasteiger partial charge in [-0.25, -0.2) is 4.98 Å². The van der Waals surface area contributed by atoms with Crippen LogP contribution < -0.4 is 19.5 Å². The minimum absolute atomic E-state index is 0.333. The van der Waals surface area contributed by atoms with Crippen molar-refractivity contribution in [2.75, 3.05) is 26.6 Å². The third-order valence-corrected chi connectivity index (χ3v) is 6.03. The zero-order chi connectivity index (χ0) is 21.1. The van der Waals surface area contributed by atoms with Gasteiger partial charge in [-0.2, -0.15) is 0 Å². The van der Waals surface area contributed by atoms with Crippen molar-refractivity contribution in [3.05, 3.63) is 50.8 Å². The first-order valence-corrected chi connectivity index (χ1v) is 10.3. The molecule has 1 aromatic heterocycles. The van der Waals surface area contributed by atoms with Crippen LogP contribution in [0.15, 0.2) is 34.8 Å². The molecule has 0 radical (unpaired) electrons. The van der Waals surface area contributed by atoms with Gasteiger partial charge in [0, 0.05) is 10.4 Å². The van der Waals surface area contributed by atoms with E-state index in [1.165, 1.54) is 38.2 Å².